The quantitative estimate of drug-likeness (QED) is 0.453. The molecule has 5 rings (SSSR count). The van der Waals surface area contributed by atoms with E-state index in [0.29, 0.717) is 30.1 Å². The highest BCUT2D eigenvalue weighted by molar-refractivity contribution is 5.83. The molecule has 7 nitrogen and oxygen atoms in total. The third kappa shape index (κ3) is 5.48. The van der Waals surface area contributed by atoms with Crippen molar-refractivity contribution in [3.05, 3.63) is 69.6 Å². The molecule has 2 aromatic carbocycles. The zero-order valence-corrected chi connectivity index (χ0v) is 22.9. The Kier molecular flexibility index (Phi) is 7.69. The highest BCUT2D eigenvalue weighted by Crippen LogP contribution is 2.44. The SMILES string of the molecule is CC(C)(N=O)c1cccc(C2CCN(C3CC[C@](CO)(C(=O)N4COc5ccc(C(F)(F)F)cc5C4)C3)CC2)c1. The van der Waals surface area contributed by atoms with Gasteiger partial charge in [0, 0.05) is 11.6 Å². The highest BCUT2D eigenvalue weighted by atomic mass is 19.4. The molecular formula is C30H36F3N3O4. The molecule has 2 aromatic rings. The molecule has 3 aliphatic rings. The van der Waals surface area contributed by atoms with Crippen LogP contribution < -0.4 is 4.74 Å². The van der Waals surface area contributed by atoms with Crippen molar-refractivity contribution in [2.45, 2.75) is 76.2 Å². The van der Waals surface area contributed by atoms with Crippen LogP contribution in [-0.2, 0) is 23.1 Å². The summed E-state index contributed by atoms with van der Waals surface area (Å²) in [6.45, 7) is 5.01. The zero-order valence-electron chi connectivity index (χ0n) is 22.9. The lowest BCUT2D eigenvalue weighted by molar-refractivity contribution is -0.149. The maximum atomic E-state index is 13.7. The molecule has 1 N–H and O–H groups in total. The van der Waals surface area contributed by atoms with Gasteiger partial charge in [-0.15, -0.1) is 4.91 Å². The summed E-state index contributed by atoms with van der Waals surface area (Å²) in [5.41, 5.74) is -0.0893. The summed E-state index contributed by atoms with van der Waals surface area (Å²) < 4.78 is 45.3. The van der Waals surface area contributed by atoms with Crippen molar-refractivity contribution in [1.29, 1.82) is 0 Å². The van der Waals surface area contributed by atoms with E-state index in [0.717, 1.165) is 50.0 Å². The van der Waals surface area contributed by atoms with Gasteiger partial charge in [0.2, 0.25) is 5.91 Å². The normalized spacial score (nSPS) is 24.4. The molecule has 2 fully saturated rings. The van der Waals surface area contributed by atoms with Crippen LogP contribution in [0.3, 0.4) is 0 Å². The number of nitrogens with zero attached hydrogens (tertiary/aromatic N) is 3. The number of carbonyl (C=O) groups is 1. The number of piperidine rings is 1. The predicted octanol–water partition coefficient (Wildman–Crippen LogP) is 5.80. The summed E-state index contributed by atoms with van der Waals surface area (Å²) >= 11 is 0. The van der Waals surface area contributed by atoms with Gasteiger partial charge in [-0.3, -0.25) is 4.79 Å². The molecule has 1 saturated heterocycles. The number of nitroso groups, excluding NO2 is 1. The van der Waals surface area contributed by atoms with Gasteiger partial charge in [0.1, 0.15) is 11.3 Å². The highest BCUT2D eigenvalue weighted by Gasteiger charge is 2.49. The van der Waals surface area contributed by atoms with E-state index in [1.807, 2.05) is 26.0 Å². The van der Waals surface area contributed by atoms with E-state index in [-0.39, 0.29) is 31.8 Å². The minimum Gasteiger partial charge on any atom is -0.473 e. The monoisotopic (exact) mass is 559 g/mol. The lowest BCUT2D eigenvalue weighted by atomic mass is 9.84. The topological polar surface area (TPSA) is 82.4 Å². The molecule has 1 aliphatic carbocycles. The number of fused-ring (bicyclic) bond motifs is 1. The van der Waals surface area contributed by atoms with Crippen LogP contribution >= 0.6 is 0 Å². The molecule has 1 unspecified atom stereocenters. The summed E-state index contributed by atoms with van der Waals surface area (Å²) in [7, 11) is 0. The molecule has 1 amide bonds. The van der Waals surface area contributed by atoms with E-state index in [1.54, 1.807) is 0 Å². The number of halogens is 3. The Morgan fingerprint density at radius 3 is 2.52 bits per heavy atom. The number of hydrogen-bond donors (Lipinski definition) is 1. The van der Waals surface area contributed by atoms with E-state index < -0.39 is 22.7 Å². The van der Waals surface area contributed by atoms with Crippen molar-refractivity contribution in [3.8, 4) is 5.75 Å². The first-order valence-electron chi connectivity index (χ1n) is 13.9. The van der Waals surface area contributed by atoms with Crippen LogP contribution in [0, 0.1) is 10.3 Å². The van der Waals surface area contributed by atoms with Gasteiger partial charge in [-0.2, -0.15) is 13.2 Å². The Morgan fingerprint density at radius 2 is 1.85 bits per heavy atom. The van der Waals surface area contributed by atoms with E-state index >= 15 is 0 Å². The largest absolute Gasteiger partial charge is 0.473 e. The third-order valence-corrected chi connectivity index (χ3v) is 9.09. The van der Waals surface area contributed by atoms with Gasteiger partial charge in [-0.05, 0) is 94.3 Å². The van der Waals surface area contributed by atoms with Gasteiger partial charge in [-0.1, -0.05) is 29.4 Å². The van der Waals surface area contributed by atoms with E-state index in [2.05, 4.69) is 22.2 Å². The molecule has 1 saturated carbocycles. The molecule has 0 bridgehead atoms. The fraction of sp³-hybridized carbons (Fsp3) is 0.567. The number of aliphatic hydroxyl groups excluding tert-OH is 1. The number of ether oxygens (including phenoxy) is 1. The Hall–Kier alpha value is -2.98. The van der Waals surface area contributed by atoms with Crippen LogP contribution in [0.5, 0.6) is 5.75 Å². The molecule has 2 heterocycles. The van der Waals surface area contributed by atoms with Gasteiger partial charge in [0.15, 0.2) is 6.73 Å². The number of aliphatic hydroxyl groups is 1. The van der Waals surface area contributed by atoms with Gasteiger partial charge in [-0.25, -0.2) is 0 Å². The minimum atomic E-state index is -4.48. The molecule has 0 radical (unpaired) electrons. The summed E-state index contributed by atoms with van der Waals surface area (Å²) in [6.07, 6.45) is -0.774. The molecule has 2 aliphatic heterocycles. The Morgan fingerprint density at radius 1 is 1.10 bits per heavy atom. The van der Waals surface area contributed by atoms with Crippen molar-refractivity contribution in [2.75, 3.05) is 26.4 Å². The number of hydrogen-bond acceptors (Lipinski definition) is 6. The van der Waals surface area contributed by atoms with Crippen LogP contribution in [0.4, 0.5) is 13.2 Å². The number of amides is 1. The maximum Gasteiger partial charge on any atom is 0.416 e. The maximum absolute atomic E-state index is 13.7. The molecule has 0 aromatic heterocycles. The van der Waals surface area contributed by atoms with Crippen LogP contribution in [0.15, 0.2) is 47.6 Å². The van der Waals surface area contributed by atoms with Crippen molar-refractivity contribution in [3.63, 3.8) is 0 Å². The standard InChI is InChI=1S/C30H36F3N3O4/c1-28(2,34-39)23-5-3-4-21(14-23)20-9-12-35(13-10-20)25-8-11-29(16-25,18-37)27(38)36-17-22-15-24(30(31,32)33)6-7-26(22)40-19-36/h3-7,14-15,20,25,37H,8-13,16-19H2,1-2H3/t25?,29-/m0/s1. The van der Waals surface area contributed by atoms with Crippen molar-refractivity contribution < 1.29 is 27.8 Å². The van der Waals surface area contributed by atoms with Gasteiger partial charge < -0.3 is 19.6 Å². The molecule has 0 spiro atoms. The third-order valence-electron chi connectivity index (χ3n) is 9.09. The zero-order chi connectivity index (χ0) is 28.7. The smallest absolute Gasteiger partial charge is 0.416 e. The van der Waals surface area contributed by atoms with Crippen LogP contribution in [0.2, 0.25) is 0 Å². The average molecular weight is 560 g/mol. The van der Waals surface area contributed by atoms with Crippen LogP contribution in [0.25, 0.3) is 0 Å². The first-order valence-corrected chi connectivity index (χ1v) is 13.9. The van der Waals surface area contributed by atoms with Gasteiger partial charge >= 0.3 is 6.18 Å². The van der Waals surface area contributed by atoms with E-state index in [9.17, 15) is 28.0 Å². The summed E-state index contributed by atoms with van der Waals surface area (Å²) in [5, 5.41) is 13.7. The second-order valence-electron chi connectivity index (χ2n) is 12.0. The fourth-order valence-electron chi connectivity index (χ4n) is 6.52. The second kappa shape index (κ2) is 10.8. The molecular weight excluding hydrogens is 523 g/mol. The number of alkyl halides is 3. The van der Waals surface area contributed by atoms with Crippen molar-refractivity contribution in [1.82, 2.24) is 9.80 Å². The molecule has 10 heteroatoms. The fourth-order valence-corrected chi connectivity index (χ4v) is 6.52. The van der Waals surface area contributed by atoms with E-state index in [1.165, 1.54) is 16.5 Å². The predicted molar refractivity (Wildman–Crippen MR) is 143 cm³/mol. The number of carbonyl (C=O) groups excluding carboxylic acids is 1. The number of benzene rings is 2. The second-order valence-corrected chi connectivity index (χ2v) is 12.0. The van der Waals surface area contributed by atoms with Crippen molar-refractivity contribution >= 4 is 5.91 Å². The number of rotatable bonds is 6. The van der Waals surface area contributed by atoms with Crippen molar-refractivity contribution in [2.24, 2.45) is 10.6 Å². The average Bonchev–Trinajstić information content (AvgIpc) is 3.42. The summed E-state index contributed by atoms with van der Waals surface area (Å²) in [5.74, 6) is 0.453. The molecule has 2 atom stereocenters. The number of likely N-dealkylation sites (tertiary alicyclic amines) is 1. The first kappa shape index (κ1) is 28.5. The summed E-state index contributed by atoms with van der Waals surface area (Å²) in [4.78, 5) is 28.8. The Bertz CT molecular complexity index is 1260. The molecule has 216 valence electrons. The van der Waals surface area contributed by atoms with Gasteiger partial charge in [0.25, 0.3) is 0 Å². The van der Waals surface area contributed by atoms with Crippen LogP contribution in [-0.4, -0.2) is 53.3 Å². The van der Waals surface area contributed by atoms with Crippen LogP contribution in [0.1, 0.15) is 74.1 Å². The van der Waals surface area contributed by atoms with Gasteiger partial charge in [0.05, 0.1) is 24.1 Å². The Labute approximate surface area is 232 Å². The lowest BCUT2D eigenvalue weighted by Gasteiger charge is -2.38. The first-order chi connectivity index (χ1) is 19.0. The van der Waals surface area contributed by atoms with E-state index in [4.69, 9.17) is 4.74 Å². The molecule has 40 heavy (non-hydrogen) atoms. The minimum absolute atomic E-state index is 0.0192. The lowest BCUT2D eigenvalue weighted by Crippen LogP contribution is -2.48. The summed E-state index contributed by atoms with van der Waals surface area (Å²) in [6, 6.07) is 11.6. The Balaban J connectivity index is 1.22.